The van der Waals surface area contributed by atoms with Gasteiger partial charge in [0.2, 0.25) is 65.1 Å². The third-order valence-corrected chi connectivity index (χ3v) is 16.5. The minimum atomic E-state index is -2.27. The molecular formula is C63H111N11O14. The number of allylic oxidation sites excluding steroid dienone is 2. The van der Waals surface area contributed by atoms with Crippen LogP contribution in [0.3, 0.4) is 0 Å². The molecule has 13 atom stereocenters. The lowest BCUT2D eigenvalue weighted by molar-refractivity contribution is -0.160. The predicted molar refractivity (Wildman–Crippen MR) is 335 cm³/mol. The van der Waals surface area contributed by atoms with Crippen LogP contribution in [0, 0.1) is 41.4 Å². The fourth-order valence-electron chi connectivity index (χ4n) is 11.0. The number of hydrogen-bond acceptors (Lipinski definition) is 13. The standard InChI is InChI=1S/C63H111N11O14/c1-25-27-28-39(15)51(75)49-55(79)66-42(26-2)57(81)74(24)50(63(87)88)62(86)69(19)44(30-34(5)6)54(78)67-47(37(11)12)60(84)68(18)43(29-33(3)4)53(77)64-40(16)52(76)65-41(17)56(80)70(20)45(31-35(7)8)58(82)71(21)46(32-36(9)10)59(83)72(22)48(38(13)14)61(85)73(49)23/h25,27,33-51,75H,26,28-32H2,1-24H3,(H,64,77)(H,65,76)(H,66,79)(H,67,78)(H,87,88)/b27-25+/t39-,40+,41-,42+,43+,44+,45+,46-,47+,48+,49+,50?,51-/m1/s1. The van der Waals surface area contributed by atoms with Crippen molar-refractivity contribution in [1.29, 1.82) is 0 Å². The molecule has 0 bridgehead atoms. The number of aliphatic hydroxyl groups excluding tert-OH is 1. The van der Waals surface area contributed by atoms with E-state index in [1.807, 2.05) is 41.5 Å². The van der Waals surface area contributed by atoms with Crippen LogP contribution in [0.4, 0.5) is 0 Å². The molecule has 1 aliphatic heterocycles. The van der Waals surface area contributed by atoms with Crippen LogP contribution in [0.5, 0.6) is 0 Å². The number of nitrogens with zero attached hydrogens (tertiary/aromatic N) is 7. The summed E-state index contributed by atoms with van der Waals surface area (Å²) in [6.45, 7) is 29.0. The highest BCUT2D eigenvalue weighted by atomic mass is 16.4. The first-order chi connectivity index (χ1) is 40.5. The number of carboxylic acids is 1. The van der Waals surface area contributed by atoms with Gasteiger partial charge in [-0.15, -0.1) is 0 Å². The molecule has 1 unspecified atom stereocenters. The van der Waals surface area contributed by atoms with Crippen molar-refractivity contribution in [2.45, 2.75) is 229 Å². The molecule has 25 nitrogen and oxygen atoms in total. The molecule has 1 aliphatic rings. The van der Waals surface area contributed by atoms with Crippen LogP contribution in [-0.4, -0.2) is 237 Å². The average molecular weight is 1250 g/mol. The number of carbonyl (C=O) groups excluding carboxylic acids is 11. The van der Waals surface area contributed by atoms with Gasteiger partial charge in [0, 0.05) is 49.3 Å². The van der Waals surface area contributed by atoms with Crippen molar-refractivity contribution in [3.8, 4) is 0 Å². The molecule has 1 heterocycles. The van der Waals surface area contributed by atoms with Crippen LogP contribution in [-0.2, 0) is 57.5 Å². The van der Waals surface area contributed by atoms with Gasteiger partial charge in [-0.25, -0.2) is 4.79 Å². The molecular weight excluding hydrogens is 1130 g/mol. The highest BCUT2D eigenvalue weighted by Crippen LogP contribution is 2.26. The first-order valence-electron chi connectivity index (χ1n) is 31.2. The number of likely N-dealkylation sites (N-methyl/N-ethyl adjacent to an activating group) is 7. The Kier molecular flexibility index (Phi) is 32.0. The van der Waals surface area contributed by atoms with Crippen molar-refractivity contribution in [3.63, 3.8) is 0 Å². The molecule has 0 aliphatic carbocycles. The SMILES string of the molecule is C/C=C/C[C@@H](C)[C@@H](O)[C@H]1C(=O)N[C@@H](CC)C(=O)N(C)C(C(=O)O)C(=O)N(C)[C@@H](CC(C)C)C(=O)N[C@@H](C(C)C)C(=O)N(C)[C@@H](CC(C)C)C(=O)N[C@@H](C)C(=O)N[C@H](C)C(=O)N(C)[C@@H](CC(C)C)C(=O)N(C)[C@H](CC(C)C)C(=O)N(C)[C@@H](C(C)C)C(=O)N1C. The lowest BCUT2D eigenvalue weighted by Gasteiger charge is -2.41. The molecule has 88 heavy (non-hydrogen) atoms. The molecule has 0 saturated carbocycles. The summed E-state index contributed by atoms with van der Waals surface area (Å²) in [6, 6.07) is -15.7. The molecule has 6 N–H and O–H groups in total. The van der Waals surface area contributed by atoms with Crippen LogP contribution in [0.25, 0.3) is 0 Å². The molecule has 0 radical (unpaired) electrons. The highest BCUT2D eigenvalue weighted by molar-refractivity contribution is 6.06. The Balaban J connectivity index is 4.46. The Labute approximate surface area is 524 Å². The zero-order chi connectivity index (χ0) is 68.4. The van der Waals surface area contributed by atoms with E-state index in [0.29, 0.717) is 4.90 Å². The quantitative estimate of drug-likeness (QED) is 0.0957. The molecule has 1 saturated heterocycles. The molecule has 0 spiro atoms. The Hall–Kier alpha value is -6.66. The largest absolute Gasteiger partial charge is 0.479 e. The number of nitrogens with one attached hydrogen (secondary N) is 4. The van der Waals surface area contributed by atoms with E-state index in [1.165, 1.54) is 82.7 Å². The number of amides is 11. The molecule has 0 aromatic heterocycles. The van der Waals surface area contributed by atoms with E-state index in [4.69, 9.17) is 0 Å². The predicted octanol–water partition coefficient (Wildman–Crippen LogP) is 2.72. The van der Waals surface area contributed by atoms with Crippen molar-refractivity contribution in [2.75, 3.05) is 49.3 Å². The van der Waals surface area contributed by atoms with Gasteiger partial charge in [0.1, 0.15) is 60.4 Å². The van der Waals surface area contributed by atoms with Gasteiger partial charge in [-0.05, 0) is 101 Å². The van der Waals surface area contributed by atoms with Crippen LogP contribution in [0.15, 0.2) is 12.2 Å². The molecule has 1 rings (SSSR count). The topological polar surface area (TPSA) is 316 Å². The summed E-state index contributed by atoms with van der Waals surface area (Å²) in [5, 5.41) is 33.5. The zero-order valence-corrected chi connectivity index (χ0v) is 57.3. The summed E-state index contributed by atoms with van der Waals surface area (Å²) in [4.78, 5) is 182. The average Bonchev–Trinajstić information content (AvgIpc) is 2.37. The van der Waals surface area contributed by atoms with Crippen LogP contribution >= 0.6 is 0 Å². The van der Waals surface area contributed by atoms with E-state index in [0.717, 1.165) is 16.8 Å². The Morgan fingerprint density at radius 2 is 0.852 bits per heavy atom. The van der Waals surface area contributed by atoms with Gasteiger partial charge in [0.05, 0.1) is 6.10 Å². The monoisotopic (exact) mass is 1250 g/mol. The second kappa shape index (κ2) is 35.5. The van der Waals surface area contributed by atoms with E-state index < -0.39 is 161 Å². The number of aliphatic carboxylic acids is 1. The lowest BCUT2D eigenvalue weighted by atomic mass is 9.91. The lowest BCUT2D eigenvalue weighted by Crippen LogP contribution is -2.64. The Bertz CT molecular complexity index is 2470. The summed E-state index contributed by atoms with van der Waals surface area (Å²) in [5.41, 5.74) is 0. The number of carboxylic acid groups (broad SMARTS) is 1. The number of aliphatic hydroxyl groups is 1. The molecule has 502 valence electrons. The Morgan fingerprint density at radius 1 is 0.455 bits per heavy atom. The maximum Gasteiger partial charge on any atom is 0.336 e. The smallest absolute Gasteiger partial charge is 0.336 e. The van der Waals surface area contributed by atoms with Crippen LogP contribution in [0.2, 0.25) is 0 Å². The van der Waals surface area contributed by atoms with Crippen molar-refractivity contribution in [3.05, 3.63) is 12.2 Å². The van der Waals surface area contributed by atoms with Gasteiger partial charge < -0.3 is 65.8 Å². The number of rotatable bonds is 16. The normalized spacial score (nSPS) is 27.2. The van der Waals surface area contributed by atoms with Crippen molar-refractivity contribution >= 4 is 70.9 Å². The highest BCUT2D eigenvalue weighted by Gasteiger charge is 2.47. The molecule has 0 aromatic rings. The van der Waals surface area contributed by atoms with Gasteiger partial charge in [-0.2, -0.15) is 0 Å². The summed E-state index contributed by atoms with van der Waals surface area (Å²) in [6.07, 6.45) is 2.25. The van der Waals surface area contributed by atoms with Crippen LogP contribution < -0.4 is 21.3 Å². The maximum atomic E-state index is 15.2. The number of hydrogen-bond donors (Lipinski definition) is 6. The van der Waals surface area contributed by atoms with E-state index in [9.17, 15) is 58.2 Å². The van der Waals surface area contributed by atoms with Gasteiger partial charge in [0.15, 0.2) is 0 Å². The molecule has 1 fully saturated rings. The van der Waals surface area contributed by atoms with Gasteiger partial charge in [0.25, 0.3) is 5.91 Å². The second-order valence-corrected chi connectivity index (χ2v) is 26.5. The third kappa shape index (κ3) is 21.3. The summed E-state index contributed by atoms with van der Waals surface area (Å²) >= 11 is 0. The van der Waals surface area contributed by atoms with E-state index >= 15 is 9.59 Å². The second-order valence-electron chi connectivity index (χ2n) is 26.5. The molecule has 11 amide bonds. The third-order valence-electron chi connectivity index (χ3n) is 16.5. The fourth-order valence-corrected chi connectivity index (χ4v) is 11.0. The maximum absolute atomic E-state index is 15.2. The van der Waals surface area contributed by atoms with E-state index in [2.05, 4.69) is 21.3 Å². The summed E-state index contributed by atoms with van der Waals surface area (Å²) in [5.74, 6) is -13.7. The van der Waals surface area contributed by atoms with Crippen LogP contribution in [0.1, 0.15) is 156 Å². The summed E-state index contributed by atoms with van der Waals surface area (Å²) < 4.78 is 0. The van der Waals surface area contributed by atoms with Gasteiger partial charge in [-0.1, -0.05) is 109 Å². The number of carbonyl (C=O) groups is 12. The zero-order valence-electron chi connectivity index (χ0n) is 57.3. The van der Waals surface area contributed by atoms with E-state index in [1.54, 1.807) is 67.5 Å². The minimum absolute atomic E-state index is 0.0460. The summed E-state index contributed by atoms with van der Waals surface area (Å²) in [7, 11) is 9.15. The molecule has 0 aromatic carbocycles. The van der Waals surface area contributed by atoms with Gasteiger partial charge in [-0.3, -0.25) is 52.7 Å². The van der Waals surface area contributed by atoms with E-state index in [-0.39, 0.29) is 62.2 Å². The minimum Gasteiger partial charge on any atom is -0.479 e. The first kappa shape index (κ1) is 79.4. The fraction of sp³-hybridized carbons (Fsp3) is 0.778. The van der Waals surface area contributed by atoms with Crippen molar-refractivity contribution in [1.82, 2.24) is 55.6 Å². The van der Waals surface area contributed by atoms with Crippen molar-refractivity contribution < 1.29 is 67.7 Å². The van der Waals surface area contributed by atoms with Gasteiger partial charge >= 0.3 is 5.97 Å². The van der Waals surface area contributed by atoms with Crippen molar-refractivity contribution in [2.24, 2.45) is 41.4 Å². The Morgan fingerprint density at radius 3 is 1.27 bits per heavy atom. The first-order valence-corrected chi connectivity index (χ1v) is 31.2. The molecule has 25 heteroatoms.